The van der Waals surface area contributed by atoms with Crippen LogP contribution in [0.15, 0.2) is 109 Å². The van der Waals surface area contributed by atoms with Crippen LogP contribution in [0.25, 0.3) is 61.4 Å². The monoisotopic (exact) mass is 616 g/mol. The molecule has 0 fully saturated rings. The molecule has 0 aliphatic carbocycles. The molecule has 0 atom stereocenters. The minimum absolute atomic E-state index is 0.0252. The van der Waals surface area contributed by atoms with Crippen LogP contribution >= 0.6 is 0 Å². The Labute approximate surface area is 276 Å². The van der Waals surface area contributed by atoms with Gasteiger partial charge in [-0.1, -0.05) is 90.1 Å². The van der Waals surface area contributed by atoms with Crippen LogP contribution in [0.3, 0.4) is 0 Å². The van der Waals surface area contributed by atoms with Crippen LogP contribution in [-0.4, -0.2) is 24.6 Å². The molecule has 0 bridgehead atoms. The zero-order chi connectivity index (χ0) is 33.1. The molecule has 3 heterocycles. The van der Waals surface area contributed by atoms with Gasteiger partial charge in [0.25, 0.3) is 0 Å². The van der Waals surface area contributed by atoms with E-state index in [-0.39, 0.29) is 16.6 Å². The molecule has 0 saturated heterocycles. The topological polar surface area (TPSA) is 63.8 Å². The molecule has 0 amide bonds. The van der Waals surface area contributed by atoms with Crippen molar-refractivity contribution in [3.05, 3.63) is 126 Å². The number of hydrogen-bond donors (Lipinski definition) is 1. The van der Waals surface area contributed by atoms with Crippen molar-refractivity contribution in [2.75, 3.05) is 0 Å². The highest BCUT2D eigenvalue weighted by Crippen LogP contribution is 2.39. The summed E-state index contributed by atoms with van der Waals surface area (Å²) in [5, 5.41) is 12.0. The Bertz CT molecular complexity index is 2280. The minimum atomic E-state index is -0.0252. The number of rotatable bonds is 4. The van der Waals surface area contributed by atoms with E-state index in [0.717, 1.165) is 67.0 Å². The molecular formula is C42H40N4O. The maximum absolute atomic E-state index is 10.8. The fourth-order valence-corrected chi connectivity index (χ4v) is 6.28. The van der Waals surface area contributed by atoms with Crippen LogP contribution in [-0.2, 0) is 10.8 Å². The van der Waals surface area contributed by atoms with E-state index < -0.39 is 0 Å². The van der Waals surface area contributed by atoms with E-state index in [1.54, 1.807) is 12.3 Å². The number of aryl methyl sites for hydroxylation is 1. The second-order valence-electron chi connectivity index (χ2n) is 14.6. The average molecular weight is 617 g/mol. The number of pyridine rings is 2. The van der Waals surface area contributed by atoms with Gasteiger partial charge in [-0.05, 0) is 88.5 Å². The first kappa shape index (κ1) is 30.4. The maximum atomic E-state index is 10.8. The molecule has 0 aliphatic rings. The maximum Gasteiger partial charge on any atom is 0.165 e. The number of benzene rings is 4. The Morgan fingerprint density at radius 3 is 2.06 bits per heavy atom. The van der Waals surface area contributed by atoms with Gasteiger partial charge in [-0.15, -0.1) is 0 Å². The van der Waals surface area contributed by atoms with Gasteiger partial charge >= 0.3 is 0 Å². The predicted octanol–water partition coefficient (Wildman–Crippen LogP) is 10.6. The predicted molar refractivity (Wildman–Crippen MR) is 194 cm³/mol. The number of phenolic OH excluding ortho intramolecular Hbond substituents is 1. The fraction of sp³-hybridized carbons (Fsp3) is 0.214. The third-order valence-electron chi connectivity index (χ3n) is 8.95. The van der Waals surface area contributed by atoms with Gasteiger partial charge in [0, 0.05) is 45.7 Å². The normalized spacial score (nSPS) is 12.2. The molecule has 234 valence electrons. The van der Waals surface area contributed by atoms with E-state index in [2.05, 4.69) is 120 Å². The summed E-state index contributed by atoms with van der Waals surface area (Å²) in [7, 11) is 0. The average Bonchev–Trinajstić information content (AvgIpc) is 3.44. The van der Waals surface area contributed by atoms with Gasteiger partial charge in [0.15, 0.2) is 5.65 Å². The second kappa shape index (κ2) is 11.2. The lowest BCUT2D eigenvalue weighted by Crippen LogP contribution is -2.11. The SMILES string of the molecule is Cc1cnc2c(-c3cccc(-c4nc5c(-c6ccccc6O)ccnc5n4-c4ccc(C(C)(C)C)cc4)c3)cc(C(C)(C)C)cc2c1. The van der Waals surface area contributed by atoms with Crippen molar-refractivity contribution < 1.29 is 5.11 Å². The van der Waals surface area contributed by atoms with Crippen molar-refractivity contribution in [1.29, 1.82) is 0 Å². The van der Waals surface area contributed by atoms with E-state index in [9.17, 15) is 5.11 Å². The number of aromatic nitrogens is 4. The smallest absolute Gasteiger partial charge is 0.165 e. The quantitative estimate of drug-likeness (QED) is 0.214. The third kappa shape index (κ3) is 5.56. The number of fused-ring (bicyclic) bond motifs is 2. The van der Waals surface area contributed by atoms with Crippen molar-refractivity contribution in [3.63, 3.8) is 0 Å². The zero-order valence-electron chi connectivity index (χ0n) is 28.1. The van der Waals surface area contributed by atoms with Crippen molar-refractivity contribution >= 4 is 22.1 Å². The molecule has 0 radical (unpaired) electrons. The van der Waals surface area contributed by atoms with Crippen LogP contribution in [0, 0.1) is 6.92 Å². The van der Waals surface area contributed by atoms with Gasteiger partial charge in [0.2, 0.25) is 0 Å². The van der Waals surface area contributed by atoms with Crippen molar-refractivity contribution in [1.82, 2.24) is 19.5 Å². The minimum Gasteiger partial charge on any atom is -0.507 e. The molecular weight excluding hydrogens is 576 g/mol. The first-order valence-corrected chi connectivity index (χ1v) is 16.2. The van der Waals surface area contributed by atoms with E-state index in [1.165, 1.54) is 11.1 Å². The van der Waals surface area contributed by atoms with E-state index in [0.29, 0.717) is 0 Å². The van der Waals surface area contributed by atoms with E-state index >= 15 is 0 Å². The molecule has 3 aromatic heterocycles. The molecule has 1 N–H and O–H groups in total. The first-order chi connectivity index (χ1) is 22.4. The lowest BCUT2D eigenvalue weighted by molar-refractivity contribution is 0.477. The summed E-state index contributed by atoms with van der Waals surface area (Å²) in [6.07, 6.45) is 3.74. The molecule has 4 aromatic carbocycles. The highest BCUT2D eigenvalue weighted by Gasteiger charge is 2.22. The third-order valence-corrected chi connectivity index (χ3v) is 8.95. The van der Waals surface area contributed by atoms with Crippen LogP contribution in [0.5, 0.6) is 5.75 Å². The molecule has 47 heavy (non-hydrogen) atoms. The molecule has 0 aliphatic heterocycles. The number of para-hydroxylation sites is 1. The Morgan fingerprint density at radius 2 is 1.34 bits per heavy atom. The highest BCUT2D eigenvalue weighted by molar-refractivity contribution is 5.97. The second-order valence-corrected chi connectivity index (χ2v) is 14.6. The number of aromatic hydroxyl groups is 1. The molecule has 7 rings (SSSR count). The van der Waals surface area contributed by atoms with Gasteiger partial charge in [0.1, 0.15) is 17.1 Å². The van der Waals surface area contributed by atoms with Gasteiger partial charge in [-0.25, -0.2) is 9.97 Å². The van der Waals surface area contributed by atoms with Crippen LogP contribution < -0.4 is 0 Å². The Balaban J connectivity index is 1.49. The van der Waals surface area contributed by atoms with Gasteiger partial charge in [-0.2, -0.15) is 0 Å². The van der Waals surface area contributed by atoms with Crippen molar-refractivity contribution in [2.45, 2.75) is 59.3 Å². The lowest BCUT2D eigenvalue weighted by atomic mass is 9.84. The fourth-order valence-electron chi connectivity index (χ4n) is 6.28. The van der Waals surface area contributed by atoms with Crippen LogP contribution in [0.4, 0.5) is 0 Å². The van der Waals surface area contributed by atoms with E-state index in [1.807, 2.05) is 30.5 Å². The molecule has 0 saturated carbocycles. The summed E-state index contributed by atoms with van der Waals surface area (Å²) < 4.78 is 2.13. The van der Waals surface area contributed by atoms with Gasteiger partial charge in [0.05, 0.1) is 5.52 Å². The summed E-state index contributed by atoms with van der Waals surface area (Å²) in [5.74, 6) is 0.988. The molecule has 5 heteroatoms. The summed E-state index contributed by atoms with van der Waals surface area (Å²) in [6.45, 7) is 15.5. The zero-order valence-corrected chi connectivity index (χ0v) is 28.1. The first-order valence-electron chi connectivity index (χ1n) is 16.2. The van der Waals surface area contributed by atoms with Gasteiger partial charge in [-0.3, -0.25) is 9.55 Å². The Morgan fingerprint density at radius 1 is 0.617 bits per heavy atom. The lowest BCUT2D eigenvalue weighted by Gasteiger charge is -2.21. The summed E-state index contributed by atoms with van der Waals surface area (Å²) in [5.41, 5.74) is 11.8. The summed E-state index contributed by atoms with van der Waals surface area (Å²) in [6, 6.07) is 33.3. The summed E-state index contributed by atoms with van der Waals surface area (Å²) in [4.78, 5) is 15.1. The Hall–Kier alpha value is -5.29. The van der Waals surface area contributed by atoms with Crippen LogP contribution in [0.2, 0.25) is 0 Å². The molecule has 0 spiro atoms. The van der Waals surface area contributed by atoms with Crippen molar-refractivity contribution in [2.24, 2.45) is 0 Å². The van der Waals surface area contributed by atoms with Crippen molar-refractivity contribution in [3.8, 4) is 45.1 Å². The summed E-state index contributed by atoms with van der Waals surface area (Å²) >= 11 is 0. The standard InChI is InChI=1S/C42H40N4O/c1-26-21-29-23-31(42(5,6)7)24-35(37(29)44-25-26)27-11-10-12-28(22-27)39-45-38-34(33-13-8-9-14-36(33)47)19-20-43-40(38)46(39)32-17-15-30(16-18-32)41(2,3)4/h8-25,47H,1-7H3. The van der Waals surface area contributed by atoms with Crippen LogP contribution in [0.1, 0.15) is 58.2 Å². The number of phenols is 1. The number of hydrogen-bond acceptors (Lipinski definition) is 4. The Kier molecular flexibility index (Phi) is 7.24. The van der Waals surface area contributed by atoms with E-state index in [4.69, 9.17) is 15.0 Å². The number of nitrogens with zero attached hydrogens (tertiary/aromatic N) is 4. The van der Waals surface area contributed by atoms with Gasteiger partial charge < -0.3 is 5.11 Å². The number of imidazole rings is 1. The largest absolute Gasteiger partial charge is 0.507 e. The molecule has 7 aromatic rings. The highest BCUT2D eigenvalue weighted by atomic mass is 16.3. The molecule has 5 nitrogen and oxygen atoms in total. The molecule has 0 unspecified atom stereocenters.